The van der Waals surface area contributed by atoms with Crippen LogP contribution in [0.2, 0.25) is 0 Å². The molecule has 38 atom stereocenters. The van der Waals surface area contributed by atoms with Crippen LogP contribution < -0.4 is 0 Å². The van der Waals surface area contributed by atoms with Gasteiger partial charge in [0.05, 0.1) is 142 Å². The molecule has 18 aliphatic carbocycles. The second-order valence-electron chi connectivity index (χ2n) is 49.7. The summed E-state index contributed by atoms with van der Waals surface area (Å²) >= 11 is 0. The first-order chi connectivity index (χ1) is 67.2. The van der Waals surface area contributed by atoms with Crippen LogP contribution in [-0.4, -0.2) is 220 Å². The van der Waals surface area contributed by atoms with Crippen molar-refractivity contribution in [2.24, 2.45) is 154 Å². The predicted octanol–water partition coefficient (Wildman–Crippen LogP) is 17.7. The van der Waals surface area contributed by atoms with Crippen molar-refractivity contribution in [1.82, 2.24) is 0 Å². The molecule has 25 nitrogen and oxygen atoms in total. The van der Waals surface area contributed by atoms with Crippen LogP contribution in [0.1, 0.15) is 281 Å². The number of aliphatic hydroxyl groups excluding tert-OH is 2. The van der Waals surface area contributed by atoms with Gasteiger partial charge < -0.3 is 86.0 Å². The summed E-state index contributed by atoms with van der Waals surface area (Å²) in [5, 5.41) is 18.4. The van der Waals surface area contributed by atoms with Gasteiger partial charge in [0.25, 0.3) is 0 Å². The van der Waals surface area contributed by atoms with Crippen molar-refractivity contribution < 1.29 is 120 Å². The summed E-state index contributed by atoms with van der Waals surface area (Å²) in [6.45, 7) is 19.4. The largest absolute Gasteiger partial charge is 0.463 e. The van der Waals surface area contributed by atoms with E-state index in [1.165, 1.54) is 32.6 Å². The van der Waals surface area contributed by atoms with Crippen LogP contribution >= 0.6 is 0 Å². The summed E-state index contributed by atoms with van der Waals surface area (Å²) in [6.07, 6.45) is 61.9. The number of allylic oxidation sites excluding steroid dienone is 12. The highest BCUT2D eigenvalue weighted by atomic mass is 16.6. The van der Waals surface area contributed by atoms with E-state index < -0.39 is 28.0 Å². The molecule has 38 unspecified atom stereocenters. The molecule has 18 fully saturated rings. The molecule has 0 radical (unpaired) electrons. The normalized spacial score (nSPS) is 42.8. The molecule has 0 amide bonds. The lowest BCUT2D eigenvalue weighted by molar-refractivity contribution is -0.185. The Kier molecular flexibility index (Phi) is 31.5. The molecule has 24 rings (SSSR count). The fourth-order valence-corrected chi connectivity index (χ4v) is 32.4. The van der Waals surface area contributed by atoms with Crippen LogP contribution in [0, 0.1) is 154 Å². The zero-order valence-electron chi connectivity index (χ0n) is 85.9. The number of esters is 7. The molecule has 0 aromatic carbocycles. The summed E-state index contributed by atoms with van der Waals surface area (Å²) in [5.41, 5.74) is -3.19. The van der Waals surface area contributed by atoms with Gasteiger partial charge in [0, 0.05) is 28.3 Å². The summed E-state index contributed by atoms with van der Waals surface area (Å²) in [7, 11) is 5.10. The van der Waals surface area contributed by atoms with Crippen LogP contribution in [0.25, 0.3) is 0 Å². The zero-order valence-corrected chi connectivity index (χ0v) is 85.9. The van der Waals surface area contributed by atoms with Crippen LogP contribution in [0.5, 0.6) is 0 Å². The molecule has 6 saturated heterocycles. The van der Waals surface area contributed by atoms with Crippen molar-refractivity contribution >= 4 is 41.8 Å². The molecule has 2 N–H and O–H groups in total. The lowest BCUT2D eigenvalue weighted by Crippen LogP contribution is -2.46. The number of hydrogen-bond acceptors (Lipinski definition) is 25. The van der Waals surface area contributed by atoms with E-state index in [0.29, 0.717) is 85.6 Å². The molecule has 12 saturated carbocycles. The minimum absolute atomic E-state index is 0.00116. The third-order valence-electron chi connectivity index (χ3n) is 39.3. The number of rotatable bonds is 28. The standard InChI is InChI=1S/C22H32O4.C21H30O4.C20H28O5.C19H28O4.C17H26O4.C16H24O4/c1-22(2,18-7-6-15(25-18)11-24-3)26-21(23)17-10-14-9-16(17)20-13-5-4-12(8-13)19(14)20;1-21(2,17-6-5-14(10-22)24-17)25-20(23)16-9-13-8-15(16)19-12-4-3-11(7-12)18(13)19;1-13(21)23-12-16-6-7-18(24-16)20(8-2-3-9-20)25-19(22)17-11-14-4-5-15(17)10-14;1-21-12-15-6-7-17(22-15)19(8-2-3-9-19)23-18(20)16-11-13-4-5-14(16)10-13;1-17(2,15-7-6-13(20-15)10-19-3)21-16(18)14-9-11-4-5-12(14)8-11;1-16(2,14-6-5-12(9-17)19-14)20-15(18)13-8-10-3-4-11(13)7-10/h4-5,12-20H,6-11H2,1-3H3;3-4,11-19,22H,5-10H2,1-2H3;4-5,14-18H,2-3,6-12H2,1H3;4-5,13-17H,2-3,6-12H2,1H3;4-5,11-15H,6-10H2,1-3H3;3-4,10-14,17H,5-9H2,1-2H3. The van der Waals surface area contributed by atoms with E-state index in [4.69, 9.17) is 80.9 Å². The molecule has 778 valence electrons. The van der Waals surface area contributed by atoms with Gasteiger partial charge in [0.2, 0.25) is 0 Å². The van der Waals surface area contributed by atoms with Gasteiger partial charge in [-0.05, 0) is 392 Å². The maximum atomic E-state index is 13.1. The van der Waals surface area contributed by atoms with Gasteiger partial charge in [-0.2, -0.15) is 0 Å². The van der Waals surface area contributed by atoms with E-state index in [1.54, 1.807) is 21.3 Å². The minimum atomic E-state index is -0.619. The van der Waals surface area contributed by atoms with E-state index in [0.717, 1.165) is 252 Å². The fraction of sp³-hybridized carbons (Fsp3) is 0.835. The number of ether oxygens (including phenoxy) is 16. The van der Waals surface area contributed by atoms with Crippen LogP contribution in [-0.2, 0) is 109 Å². The van der Waals surface area contributed by atoms with Crippen molar-refractivity contribution in [2.75, 3.05) is 61.0 Å². The molecule has 25 heteroatoms. The van der Waals surface area contributed by atoms with E-state index in [2.05, 4.69) is 72.9 Å². The van der Waals surface area contributed by atoms with Gasteiger partial charge in [-0.15, -0.1) is 0 Å². The Balaban J connectivity index is 0.000000107. The Morgan fingerprint density at radius 1 is 0.300 bits per heavy atom. The average Bonchev–Trinajstić information content (AvgIpc) is 1.55. The third-order valence-corrected chi connectivity index (χ3v) is 39.3. The number of hydrogen-bond donors (Lipinski definition) is 2. The smallest absolute Gasteiger partial charge is 0.310 e. The van der Waals surface area contributed by atoms with Crippen LogP contribution in [0.3, 0.4) is 0 Å². The molecule has 140 heavy (non-hydrogen) atoms. The quantitative estimate of drug-likeness (QED) is 0.0318. The lowest BCUT2D eigenvalue weighted by Gasteiger charge is -2.38. The summed E-state index contributed by atoms with van der Waals surface area (Å²) < 4.78 is 92.8. The van der Waals surface area contributed by atoms with Gasteiger partial charge in [-0.3, -0.25) is 33.6 Å². The van der Waals surface area contributed by atoms with Crippen molar-refractivity contribution in [3.05, 3.63) is 72.9 Å². The average molecular weight is 1950 g/mol. The number of carbonyl (C=O) groups excluding carboxylic acids is 7. The van der Waals surface area contributed by atoms with E-state index >= 15 is 0 Å². The maximum Gasteiger partial charge on any atom is 0.310 e. The maximum absolute atomic E-state index is 13.1. The molecule has 6 heterocycles. The van der Waals surface area contributed by atoms with Crippen molar-refractivity contribution in [1.29, 1.82) is 0 Å². The first kappa shape index (κ1) is 103. The highest BCUT2D eigenvalue weighted by Crippen LogP contribution is 2.69. The lowest BCUT2D eigenvalue weighted by atomic mass is 9.69. The minimum Gasteiger partial charge on any atom is -0.463 e. The number of aliphatic hydroxyl groups is 2. The number of fused-ring (bicyclic) bond motifs is 26. The summed E-state index contributed by atoms with van der Waals surface area (Å²) in [4.78, 5) is 87.7. The van der Waals surface area contributed by atoms with Crippen molar-refractivity contribution in [2.45, 2.75) is 387 Å². The molecular weight excluding hydrogens is 1780 g/mol. The Hall–Kier alpha value is -5.71. The predicted molar refractivity (Wildman–Crippen MR) is 519 cm³/mol. The van der Waals surface area contributed by atoms with Gasteiger partial charge in [0.1, 0.15) is 40.2 Å². The molecule has 16 bridgehead atoms. The summed E-state index contributed by atoms with van der Waals surface area (Å²) in [6, 6.07) is 0. The first-order valence-electron chi connectivity index (χ1n) is 55.4. The SMILES string of the molecule is CC(=O)OCC1CCC(C2(OC(=O)C3CC4C=CC3C4)CCCC2)O1.CC(C)(OC(=O)C1CC2C=CC1C2)C1CCC(CO)O1.CC(C)(OC(=O)C1CC2CC1C1C3C=CC(C3)C21)C1CCC(CO)O1.COCC1CCC(C(C)(C)OC(=O)C2CC3C=CC2C3)O1.COCC1CCC(C(C)(C)OC(=O)C2CC3CC2C2C4C=CC(C4)C32)O1.COCC1CCC(C2(OC(=O)C3CC4C=CC3C4)CCCC2)O1. The monoisotopic (exact) mass is 1950 g/mol. The highest BCUT2D eigenvalue weighted by molar-refractivity contribution is 5.78. The fourth-order valence-electron chi connectivity index (χ4n) is 32.4. The summed E-state index contributed by atoms with van der Waals surface area (Å²) in [5.74, 6) is 12.7. The number of carbonyl (C=O) groups is 7. The van der Waals surface area contributed by atoms with E-state index in [1.807, 2.05) is 55.4 Å². The third kappa shape index (κ3) is 21.7. The van der Waals surface area contributed by atoms with Gasteiger partial charge in [-0.25, -0.2) is 0 Å². The molecule has 0 aromatic rings. The Morgan fingerprint density at radius 3 is 0.871 bits per heavy atom. The Labute approximate surface area is 832 Å². The first-order valence-corrected chi connectivity index (χ1v) is 55.4. The molecule has 0 aromatic heterocycles. The second kappa shape index (κ2) is 42.9. The molecule has 6 aliphatic heterocycles. The van der Waals surface area contributed by atoms with Crippen LogP contribution in [0.15, 0.2) is 72.9 Å². The van der Waals surface area contributed by atoms with Crippen molar-refractivity contribution in [3.8, 4) is 0 Å². The topological polar surface area (TPSA) is 308 Å². The van der Waals surface area contributed by atoms with Crippen LogP contribution in [0.4, 0.5) is 0 Å². The molecule has 0 spiro atoms. The van der Waals surface area contributed by atoms with Gasteiger partial charge >= 0.3 is 41.8 Å². The van der Waals surface area contributed by atoms with Crippen molar-refractivity contribution in [3.63, 3.8) is 0 Å². The molecule has 24 aliphatic rings. The van der Waals surface area contributed by atoms with E-state index in [9.17, 15) is 38.7 Å². The van der Waals surface area contributed by atoms with Gasteiger partial charge in [-0.1, -0.05) is 72.9 Å². The number of methoxy groups -OCH3 is 3. The van der Waals surface area contributed by atoms with Gasteiger partial charge in [0.15, 0.2) is 0 Å². The molecular formula is C115H168O25. The Bertz CT molecular complexity index is 4520. The Morgan fingerprint density at radius 2 is 0.579 bits per heavy atom. The zero-order chi connectivity index (χ0) is 98.1. The second-order valence-corrected chi connectivity index (χ2v) is 49.7. The highest BCUT2D eigenvalue weighted by Gasteiger charge is 2.66. The van der Waals surface area contributed by atoms with E-state index in [-0.39, 0.29) is 169 Å².